The van der Waals surface area contributed by atoms with Gasteiger partial charge in [0.25, 0.3) is 0 Å². The molecule has 0 unspecified atom stereocenters. The maximum Gasteiger partial charge on any atom is 0.229 e. The van der Waals surface area contributed by atoms with E-state index in [1.54, 1.807) is 0 Å². The molecule has 2 atom stereocenters. The normalized spacial score (nSPS) is 23.9. The van der Waals surface area contributed by atoms with E-state index < -0.39 is 6.04 Å². The number of carbonyl (C=O) groups excluding carboxylic acids is 1. The topological polar surface area (TPSA) is 60.2 Å². The Hall–Kier alpha value is -1.53. The average molecular weight is 307 g/mol. The van der Waals surface area contributed by atoms with E-state index in [0.717, 1.165) is 9.75 Å². The lowest BCUT2D eigenvalue weighted by molar-refractivity contribution is -0.532. The van der Waals surface area contributed by atoms with Crippen LogP contribution in [0.25, 0.3) is 0 Å². The van der Waals surface area contributed by atoms with Crippen molar-refractivity contribution in [1.29, 1.82) is 0 Å². The lowest BCUT2D eigenvalue weighted by Crippen LogP contribution is -2.39. The van der Waals surface area contributed by atoms with Gasteiger partial charge in [0.1, 0.15) is 5.78 Å². The summed E-state index contributed by atoms with van der Waals surface area (Å²) in [6.45, 7) is 0. The molecule has 1 aliphatic carbocycles. The number of ketones is 1. The maximum absolute atomic E-state index is 12.0. The molecule has 1 aliphatic rings. The lowest BCUT2D eigenvalue weighted by atomic mass is 9.75. The van der Waals surface area contributed by atoms with Crippen molar-refractivity contribution in [3.05, 3.63) is 54.9 Å². The summed E-state index contributed by atoms with van der Waals surface area (Å²) >= 11 is 3.00. The zero-order chi connectivity index (χ0) is 14.1. The van der Waals surface area contributed by atoms with Crippen LogP contribution in [0.4, 0.5) is 0 Å². The minimum absolute atomic E-state index is 0.125. The predicted octanol–water partition coefficient (Wildman–Crippen LogP) is 3.69. The second-order valence-electron chi connectivity index (χ2n) is 4.97. The lowest BCUT2D eigenvalue weighted by Gasteiger charge is -2.30. The molecule has 3 rings (SSSR count). The third-order valence-electron chi connectivity index (χ3n) is 3.78. The molecule has 0 amide bonds. The summed E-state index contributed by atoms with van der Waals surface area (Å²) < 4.78 is 0. The fraction of sp³-hybridized carbons (Fsp3) is 0.357. The van der Waals surface area contributed by atoms with E-state index in [1.165, 1.54) is 22.7 Å². The summed E-state index contributed by atoms with van der Waals surface area (Å²) in [6.07, 6.45) is 0.571. The quantitative estimate of drug-likeness (QED) is 0.642. The summed E-state index contributed by atoms with van der Waals surface area (Å²) in [5.41, 5.74) is 0. The molecule has 0 bridgehead atoms. The van der Waals surface area contributed by atoms with Crippen molar-refractivity contribution in [1.82, 2.24) is 0 Å². The van der Waals surface area contributed by atoms with Crippen LogP contribution in [-0.4, -0.2) is 16.7 Å². The van der Waals surface area contributed by atoms with Crippen molar-refractivity contribution in [2.75, 3.05) is 0 Å². The van der Waals surface area contributed by atoms with Gasteiger partial charge in [-0.1, -0.05) is 12.1 Å². The summed E-state index contributed by atoms with van der Waals surface area (Å²) in [5.74, 6) is -0.461. The van der Waals surface area contributed by atoms with Gasteiger partial charge in [0.2, 0.25) is 6.04 Å². The third-order valence-corrected chi connectivity index (χ3v) is 5.79. The van der Waals surface area contributed by atoms with E-state index in [-0.39, 0.29) is 35.4 Å². The maximum atomic E-state index is 12.0. The van der Waals surface area contributed by atoms with Gasteiger partial charge in [-0.15, -0.1) is 22.7 Å². The first-order valence-electron chi connectivity index (χ1n) is 6.39. The molecular weight excluding hydrogens is 294 g/mol. The Balaban J connectivity index is 2.01. The minimum Gasteiger partial charge on any atom is -0.300 e. The van der Waals surface area contributed by atoms with E-state index in [2.05, 4.69) is 0 Å². The van der Waals surface area contributed by atoms with Gasteiger partial charge >= 0.3 is 0 Å². The Morgan fingerprint density at radius 3 is 1.90 bits per heavy atom. The van der Waals surface area contributed by atoms with E-state index in [9.17, 15) is 14.9 Å². The van der Waals surface area contributed by atoms with Gasteiger partial charge in [0, 0.05) is 27.5 Å². The molecule has 104 valence electrons. The minimum atomic E-state index is -0.704. The van der Waals surface area contributed by atoms with Crippen LogP contribution in [0.3, 0.4) is 0 Å². The van der Waals surface area contributed by atoms with Crippen molar-refractivity contribution in [2.24, 2.45) is 0 Å². The van der Waals surface area contributed by atoms with E-state index in [0.29, 0.717) is 0 Å². The molecule has 4 nitrogen and oxygen atoms in total. The van der Waals surface area contributed by atoms with Crippen LogP contribution in [0.1, 0.15) is 34.4 Å². The van der Waals surface area contributed by atoms with Gasteiger partial charge < -0.3 is 0 Å². The summed E-state index contributed by atoms with van der Waals surface area (Å²) in [4.78, 5) is 25.3. The SMILES string of the molecule is O=C1C[C@@H](c2cccs2)C([N+](=O)[O-])[C@H](c2cccs2)C1. The molecule has 0 aliphatic heterocycles. The number of nitro groups is 1. The van der Waals surface area contributed by atoms with Crippen LogP contribution in [0, 0.1) is 10.1 Å². The number of rotatable bonds is 3. The van der Waals surface area contributed by atoms with Crippen LogP contribution >= 0.6 is 22.7 Å². The zero-order valence-corrected chi connectivity index (χ0v) is 12.2. The largest absolute Gasteiger partial charge is 0.300 e. The second kappa shape index (κ2) is 5.46. The first-order valence-corrected chi connectivity index (χ1v) is 8.14. The molecule has 1 saturated carbocycles. The van der Waals surface area contributed by atoms with Crippen LogP contribution in [-0.2, 0) is 4.79 Å². The van der Waals surface area contributed by atoms with Crippen molar-refractivity contribution in [2.45, 2.75) is 30.7 Å². The van der Waals surface area contributed by atoms with E-state index in [4.69, 9.17) is 0 Å². The third kappa shape index (κ3) is 2.41. The first kappa shape index (κ1) is 13.5. The highest BCUT2D eigenvalue weighted by Gasteiger charge is 2.47. The van der Waals surface area contributed by atoms with Crippen molar-refractivity contribution >= 4 is 28.5 Å². The highest BCUT2D eigenvalue weighted by Crippen LogP contribution is 2.43. The van der Waals surface area contributed by atoms with E-state index in [1.807, 2.05) is 35.0 Å². The van der Waals surface area contributed by atoms with Crippen molar-refractivity contribution in [3.63, 3.8) is 0 Å². The number of carbonyl (C=O) groups is 1. The average Bonchev–Trinajstić information content (AvgIpc) is 3.11. The standard InChI is InChI=1S/C14H13NO3S2/c16-9-7-10(12-3-1-5-19-12)14(15(17)18)11(8-9)13-4-2-6-20-13/h1-6,10-11,14H,7-8H2/t10-,11-/m0/s1. The molecule has 0 aromatic carbocycles. The van der Waals surface area contributed by atoms with Crippen LogP contribution in [0.2, 0.25) is 0 Å². The number of thiophene rings is 2. The second-order valence-corrected chi connectivity index (χ2v) is 6.93. The summed E-state index contributed by atoms with van der Waals surface area (Å²) in [7, 11) is 0. The molecule has 6 heteroatoms. The van der Waals surface area contributed by atoms with Gasteiger partial charge in [-0.2, -0.15) is 0 Å². The molecule has 2 aromatic rings. The van der Waals surface area contributed by atoms with Crippen molar-refractivity contribution < 1.29 is 9.72 Å². The zero-order valence-electron chi connectivity index (χ0n) is 10.6. The van der Waals surface area contributed by atoms with Gasteiger partial charge in [0.05, 0.1) is 11.8 Å². The molecule has 2 heterocycles. The van der Waals surface area contributed by atoms with Gasteiger partial charge in [0.15, 0.2) is 0 Å². The number of hydrogen-bond donors (Lipinski definition) is 0. The van der Waals surface area contributed by atoms with Crippen LogP contribution in [0.15, 0.2) is 35.0 Å². The van der Waals surface area contributed by atoms with Crippen molar-refractivity contribution in [3.8, 4) is 0 Å². The highest BCUT2D eigenvalue weighted by molar-refractivity contribution is 7.10. The number of Topliss-reactive ketones (excluding diaryl/α,β-unsaturated/α-hetero) is 1. The summed E-state index contributed by atoms with van der Waals surface area (Å²) in [6, 6.07) is 6.86. The Bertz CT molecular complexity index is 560. The van der Waals surface area contributed by atoms with Crippen LogP contribution in [0.5, 0.6) is 0 Å². The Kier molecular flexibility index (Phi) is 3.67. The molecule has 0 radical (unpaired) electrons. The van der Waals surface area contributed by atoms with E-state index >= 15 is 0 Å². The van der Waals surface area contributed by atoms with Gasteiger partial charge in [-0.05, 0) is 22.9 Å². The number of hydrogen-bond acceptors (Lipinski definition) is 5. The molecule has 0 spiro atoms. The molecule has 0 N–H and O–H groups in total. The highest BCUT2D eigenvalue weighted by atomic mass is 32.1. The molecule has 2 aromatic heterocycles. The Labute approximate surface area is 124 Å². The monoisotopic (exact) mass is 307 g/mol. The fourth-order valence-corrected chi connectivity index (χ4v) is 4.67. The fourth-order valence-electron chi connectivity index (χ4n) is 2.93. The molecule has 0 saturated heterocycles. The Morgan fingerprint density at radius 1 is 1.05 bits per heavy atom. The van der Waals surface area contributed by atoms with Crippen LogP contribution < -0.4 is 0 Å². The van der Waals surface area contributed by atoms with Gasteiger partial charge in [-0.3, -0.25) is 14.9 Å². The Morgan fingerprint density at radius 2 is 1.55 bits per heavy atom. The summed E-state index contributed by atoms with van der Waals surface area (Å²) in [5, 5.41) is 15.4. The number of nitrogens with zero attached hydrogens (tertiary/aromatic N) is 1. The molecule has 20 heavy (non-hydrogen) atoms. The first-order chi connectivity index (χ1) is 9.66. The molecule has 1 fully saturated rings. The smallest absolute Gasteiger partial charge is 0.229 e. The van der Waals surface area contributed by atoms with Gasteiger partial charge in [-0.25, -0.2) is 0 Å². The predicted molar refractivity (Wildman–Crippen MR) is 79.1 cm³/mol. The molecular formula is C14H13NO3S2.